The largest absolute Gasteiger partial charge is 0.440 e. The Bertz CT molecular complexity index is 1310. The molecular weight excluding hydrogens is 424 g/mol. The maximum atomic E-state index is 12.3. The molecule has 1 atom stereocenters. The van der Waals surface area contributed by atoms with Crippen LogP contribution in [-0.2, 0) is 4.79 Å². The summed E-state index contributed by atoms with van der Waals surface area (Å²) in [6.07, 6.45) is 3.08. The first-order valence-corrected chi connectivity index (χ1v) is 11.1. The van der Waals surface area contributed by atoms with Gasteiger partial charge >= 0.3 is 5.97 Å². The summed E-state index contributed by atoms with van der Waals surface area (Å²) in [4.78, 5) is 12.3. The Morgan fingerprint density at radius 2 is 1.79 bits per heavy atom. The third kappa shape index (κ3) is 4.87. The van der Waals surface area contributed by atoms with Crippen molar-refractivity contribution < 1.29 is 14.3 Å². The number of ether oxygens (including phenoxy) is 2. The quantitative estimate of drug-likeness (QED) is 0.295. The molecule has 1 aliphatic heterocycles. The van der Waals surface area contributed by atoms with Gasteiger partial charge in [0, 0.05) is 17.7 Å². The Balaban J connectivity index is 1.59. The van der Waals surface area contributed by atoms with Crippen LogP contribution in [0, 0.1) is 18.3 Å². The molecule has 0 saturated heterocycles. The van der Waals surface area contributed by atoms with Crippen molar-refractivity contribution in [1.82, 2.24) is 0 Å². The number of fused-ring (bicyclic) bond motifs is 1. The molecule has 1 heterocycles. The second-order valence-electron chi connectivity index (χ2n) is 8.61. The number of nitriles is 1. The first-order chi connectivity index (χ1) is 16.4. The molecule has 0 spiro atoms. The molecule has 3 aromatic rings. The van der Waals surface area contributed by atoms with Crippen molar-refractivity contribution in [1.29, 1.82) is 5.26 Å². The van der Waals surface area contributed by atoms with Crippen LogP contribution in [0.4, 0.5) is 0 Å². The molecule has 0 saturated carbocycles. The number of rotatable bonds is 5. The Morgan fingerprint density at radius 3 is 2.44 bits per heavy atom. The molecule has 2 N–H and O–H groups in total. The van der Waals surface area contributed by atoms with E-state index < -0.39 is 5.97 Å². The molecule has 3 aromatic carbocycles. The van der Waals surface area contributed by atoms with Crippen molar-refractivity contribution in [2.75, 3.05) is 0 Å². The normalized spacial score (nSPS) is 15.1. The van der Waals surface area contributed by atoms with Crippen LogP contribution < -0.4 is 15.2 Å². The van der Waals surface area contributed by atoms with Crippen LogP contribution in [0.15, 0.2) is 84.3 Å². The van der Waals surface area contributed by atoms with E-state index in [1.807, 2.05) is 49.4 Å². The van der Waals surface area contributed by atoms with Gasteiger partial charge < -0.3 is 15.2 Å². The lowest BCUT2D eigenvalue weighted by Gasteiger charge is -2.27. The third-order valence-electron chi connectivity index (χ3n) is 5.83. The number of aryl methyl sites for hydroxylation is 1. The number of hydrogen-bond acceptors (Lipinski definition) is 5. The van der Waals surface area contributed by atoms with Gasteiger partial charge in [-0.1, -0.05) is 74.0 Å². The summed E-state index contributed by atoms with van der Waals surface area (Å²) in [5.41, 5.74) is 11.5. The minimum Gasteiger partial charge on any atom is -0.440 e. The summed E-state index contributed by atoms with van der Waals surface area (Å²) in [7, 11) is 0. The topological polar surface area (TPSA) is 85.3 Å². The minimum absolute atomic E-state index is 0.0516. The van der Waals surface area contributed by atoms with E-state index in [-0.39, 0.29) is 11.8 Å². The number of carbonyl (C=O) groups is 1. The molecule has 0 amide bonds. The molecule has 4 rings (SSSR count). The lowest BCUT2D eigenvalue weighted by atomic mass is 9.83. The Kier molecular flexibility index (Phi) is 6.51. The van der Waals surface area contributed by atoms with Gasteiger partial charge in [0.25, 0.3) is 0 Å². The van der Waals surface area contributed by atoms with Crippen LogP contribution in [-0.4, -0.2) is 5.97 Å². The number of allylic oxidation sites excluding steroid dienone is 1. The van der Waals surface area contributed by atoms with Crippen molar-refractivity contribution in [2.24, 2.45) is 5.73 Å². The third-order valence-corrected chi connectivity index (χ3v) is 5.83. The smallest absolute Gasteiger partial charge is 0.336 e. The summed E-state index contributed by atoms with van der Waals surface area (Å²) in [5, 5.41) is 9.76. The van der Waals surface area contributed by atoms with Crippen molar-refractivity contribution >= 4 is 12.0 Å². The van der Waals surface area contributed by atoms with Gasteiger partial charge in [0.15, 0.2) is 0 Å². The molecule has 5 heteroatoms. The average molecular weight is 451 g/mol. The average Bonchev–Trinajstić information content (AvgIpc) is 2.83. The van der Waals surface area contributed by atoms with E-state index in [2.05, 4.69) is 32.0 Å². The number of hydrogen-bond donors (Lipinski definition) is 1. The van der Waals surface area contributed by atoms with E-state index in [1.54, 1.807) is 18.2 Å². The van der Waals surface area contributed by atoms with Crippen molar-refractivity contribution in [2.45, 2.75) is 32.6 Å². The Hall–Kier alpha value is -4.30. The zero-order valence-electron chi connectivity index (χ0n) is 19.4. The lowest BCUT2D eigenvalue weighted by Crippen LogP contribution is -2.21. The van der Waals surface area contributed by atoms with Gasteiger partial charge in [0.1, 0.15) is 23.1 Å². The predicted octanol–water partition coefficient (Wildman–Crippen LogP) is 5.96. The first kappa shape index (κ1) is 22.9. The molecule has 1 unspecified atom stereocenters. The van der Waals surface area contributed by atoms with Gasteiger partial charge in [-0.25, -0.2) is 4.79 Å². The van der Waals surface area contributed by atoms with Crippen LogP contribution in [0.3, 0.4) is 0 Å². The number of carbonyl (C=O) groups excluding carboxylic acids is 1. The molecule has 0 bridgehead atoms. The summed E-state index contributed by atoms with van der Waals surface area (Å²) < 4.78 is 11.2. The molecular formula is C29H26N2O3. The molecule has 5 nitrogen and oxygen atoms in total. The fourth-order valence-electron chi connectivity index (χ4n) is 3.91. The highest BCUT2D eigenvalue weighted by Gasteiger charge is 2.31. The number of esters is 1. The standard InChI is InChI=1S/C29H26N2O3/c1-18(2)21-9-11-22(12-10-21)28-24-14-13-23(16-26(24)34-29(31)25(28)17-30)33-27(32)15-8-20-6-4-19(3)5-7-20/h4-16,18,28H,31H2,1-3H3/b15-8+. The van der Waals surface area contributed by atoms with E-state index in [9.17, 15) is 10.1 Å². The van der Waals surface area contributed by atoms with Crippen LogP contribution in [0.2, 0.25) is 0 Å². The van der Waals surface area contributed by atoms with Crippen LogP contribution in [0.1, 0.15) is 53.5 Å². The Morgan fingerprint density at radius 1 is 1.09 bits per heavy atom. The fourth-order valence-corrected chi connectivity index (χ4v) is 3.91. The number of nitrogens with zero attached hydrogens (tertiary/aromatic N) is 1. The zero-order chi connectivity index (χ0) is 24.2. The zero-order valence-corrected chi connectivity index (χ0v) is 19.4. The second kappa shape index (κ2) is 9.68. The van der Waals surface area contributed by atoms with Crippen LogP contribution >= 0.6 is 0 Å². The van der Waals surface area contributed by atoms with Crippen molar-refractivity contribution in [3.05, 3.63) is 112 Å². The lowest BCUT2D eigenvalue weighted by molar-refractivity contribution is -0.128. The maximum absolute atomic E-state index is 12.3. The molecule has 34 heavy (non-hydrogen) atoms. The monoisotopic (exact) mass is 450 g/mol. The van der Waals surface area contributed by atoms with Crippen molar-refractivity contribution in [3.8, 4) is 17.6 Å². The first-order valence-electron chi connectivity index (χ1n) is 11.1. The molecule has 0 aromatic heterocycles. The molecule has 170 valence electrons. The highest BCUT2D eigenvalue weighted by Crippen LogP contribution is 2.43. The summed E-state index contributed by atoms with van der Waals surface area (Å²) >= 11 is 0. The summed E-state index contributed by atoms with van der Waals surface area (Å²) in [6, 6.07) is 23.3. The highest BCUT2D eigenvalue weighted by molar-refractivity contribution is 5.88. The van der Waals surface area contributed by atoms with Gasteiger partial charge in [0.2, 0.25) is 5.88 Å². The molecule has 0 aliphatic carbocycles. The molecule has 0 radical (unpaired) electrons. The van der Waals surface area contributed by atoms with Gasteiger partial charge in [-0.3, -0.25) is 0 Å². The SMILES string of the molecule is Cc1ccc(/C=C/C(=O)Oc2ccc3c(c2)OC(N)=C(C#N)C3c2ccc(C(C)C)cc2)cc1. The number of nitrogens with two attached hydrogens (primary N) is 1. The predicted molar refractivity (Wildman–Crippen MR) is 132 cm³/mol. The van der Waals surface area contributed by atoms with Crippen LogP contribution in [0.5, 0.6) is 11.5 Å². The van der Waals surface area contributed by atoms with E-state index in [0.717, 1.165) is 22.3 Å². The molecule has 1 aliphatic rings. The van der Waals surface area contributed by atoms with E-state index in [1.165, 1.54) is 11.6 Å². The summed E-state index contributed by atoms with van der Waals surface area (Å²) in [6.45, 7) is 6.28. The fraction of sp³-hybridized carbons (Fsp3) is 0.172. The van der Waals surface area contributed by atoms with Gasteiger partial charge in [0.05, 0.1) is 5.92 Å². The molecule has 0 fully saturated rings. The van der Waals surface area contributed by atoms with Crippen LogP contribution in [0.25, 0.3) is 6.08 Å². The maximum Gasteiger partial charge on any atom is 0.336 e. The van der Waals surface area contributed by atoms with E-state index in [4.69, 9.17) is 15.2 Å². The number of benzene rings is 3. The van der Waals surface area contributed by atoms with Crippen molar-refractivity contribution in [3.63, 3.8) is 0 Å². The highest BCUT2D eigenvalue weighted by atomic mass is 16.5. The van der Waals surface area contributed by atoms with Gasteiger partial charge in [-0.15, -0.1) is 0 Å². The van der Waals surface area contributed by atoms with Gasteiger partial charge in [-0.05, 0) is 41.7 Å². The van der Waals surface area contributed by atoms with Gasteiger partial charge in [-0.2, -0.15) is 5.26 Å². The van der Waals surface area contributed by atoms with E-state index >= 15 is 0 Å². The second-order valence-corrected chi connectivity index (χ2v) is 8.61. The Labute approximate surface area is 199 Å². The summed E-state index contributed by atoms with van der Waals surface area (Å²) in [5.74, 6) is 0.390. The minimum atomic E-state index is -0.501. The van der Waals surface area contributed by atoms with E-state index in [0.29, 0.717) is 23.0 Å².